The highest BCUT2D eigenvalue weighted by atomic mass is 35.5. The van der Waals surface area contributed by atoms with Crippen molar-refractivity contribution in [3.63, 3.8) is 0 Å². The molecular weight excluding hydrogens is 272 g/mol. The van der Waals surface area contributed by atoms with Crippen LogP contribution in [0.5, 0.6) is 5.75 Å². The second-order valence-electron chi connectivity index (χ2n) is 5.34. The van der Waals surface area contributed by atoms with Gasteiger partial charge in [0.05, 0.1) is 0 Å². The fourth-order valence-electron chi connectivity index (χ4n) is 2.72. The summed E-state index contributed by atoms with van der Waals surface area (Å²) in [4.78, 5) is 2.56. The van der Waals surface area contributed by atoms with Gasteiger partial charge in [-0.3, -0.25) is 4.90 Å². The maximum Gasteiger partial charge on any atom is 0.119 e. The molecule has 0 aromatic heterocycles. The van der Waals surface area contributed by atoms with Crippen molar-refractivity contribution in [1.82, 2.24) is 10.2 Å². The van der Waals surface area contributed by atoms with Gasteiger partial charge in [-0.15, -0.1) is 0 Å². The van der Waals surface area contributed by atoms with Crippen molar-refractivity contribution in [3.8, 4) is 5.75 Å². The first-order valence-corrected chi connectivity index (χ1v) is 8.00. The van der Waals surface area contributed by atoms with Crippen LogP contribution in [0.3, 0.4) is 0 Å². The maximum absolute atomic E-state index is 5.87. The number of nitrogens with one attached hydrogen (secondary N) is 1. The molecule has 0 amide bonds. The van der Waals surface area contributed by atoms with Crippen LogP contribution in [0.2, 0.25) is 5.02 Å². The number of hydrogen-bond donors (Lipinski definition) is 1. The number of hydrogen-bond acceptors (Lipinski definition) is 3. The smallest absolute Gasteiger partial charge is 0.119 e. The van der Waals surface area contributed by atoms with Crippen molar-refractivity contribution in [2.45, 2.75) is 32.2 Å². The SMILES string of the molecule is CCCN(CCOc1ccc(Cl)cc1)C1CCCNC1. The van der Waals surface area contributed by atoms with Crippen molar-refractivity contribution >= 4 is 11.6 Å². The van der Waals surface area contributed by atoms with Crippen LogP contribution in [-0.2, 0) is 0 Å². The first kappa shape index (κ1) is 15.6. The van der Waals surface area contributed by atoms with Gasteiger partial charge < -0.3 is 10.1 Å². The Kier molecular flexibility index (Phi) is 6.64. The lowest BCUT2D eigenvalue weighted by Gasteiger charge is -2.34. The highest BCUT2D eigenvalue weighted by Gasteiger charge is 2.19. The maximum atomic E-state index is 5.87. The van der Waals surface area contributed by atoms with Crippen LogP contribution in [0, 0.1) is 0 Å². The minimum atomic E-state index is 0.664. The second kappa shape index (κ2) is 8.50. The van der Waals surface area contributed by atoms with Gasteiger partial charge in [0, 0.05) is 24.2 Å². The molecule has 0 bridgehead atoms. The lowest BCUT2D eigenvalue weighted by molar-refractivity contribution is 0.138. The first-order chi connectivity index (χ1) is 9.79. The van der Waals surface area contributed by atoms with E-state index in [1.807, 2.05) is 24.3 Å². The highest BCUT2D eigenvalue weighted by molar-refractivity contribution is 6.30. The zero-order chi connectivity index (χ0) is 14.2. The molecule has 3 nitrogen and oxygen atoms in total. The summed E-state index contributed by atoms with van der Waals surface area (Å²) in [7, 11) is 0. The van der Waals surface area contributed by atoms with Crippen molar-refractivity contribution in [3.05, 3.63) is 29.3 Å². The molecule has 1 aromatic carbocycles. The van der Waals surface area contributed by atoms with E-state index in [4.69, 9.17) is 16.3 Å². The molecule has 0 radical (unpaired) electrons. The summed E-state index contributed by atoms with van der Waals surface area (Å²) in [5, 5.41) is 4.24. The topological polar surface area (TPSA) is 24.5 Å². The van der Waals surface area contributed by atoms with Crippen molar-refractivity contribution < 1.29 is 4.74 Å². The van der Waals surface area contributed by atoms with Crippen molar-refractivity contribution in [1.29, 1.82) is 0 Å². The van der Waals surface area contributed by atoms with Gasteiger partial charge in [-0.25, -0.2) is 0 Å². The number of piperidine rings is 1. The predicted octanol–water partition coefficient (Wildman–Crippen LogP) is 3.18. The number of nitrogens with zero attached hydrogens (tertiary/aromatic N) is 1. The summed E-state index contributed by atoms with van der Waals surface area (Å²) in [5.74, 6) is 0.896. The quantitative estimate of drug-likeness (QED) is 0.836. The fraction of sp³-hybridized carbons (Fsp3) is 0.625. The Morgan fingerprint density at radius 1 is 1.30 bits per heavy atom. The normalized spacial score (nSPS) is 19.2. The largest absolute Gasteiger partial charge is 0.492 e. The third-order valence-corrected chi connectivity index (χ3v) is 4.01. The monoisotopic (exact) mass is 296 g/mol. The Labute approximate surface area is 127 Å². The highest BCUT2D eigenvalue weighted by Crippen LogP contribution is 2.16. The molecular formula is C16H25ClN2O. The Morgan fingerprint density at radius 3 is 2.75 bits per heavy atom. The van der Waals surface area contributed by atoms with Gasteiger partial charge >= 0.3 is 0 Å². The van der Waals surface area contributed by atoms with Crippen LogP contribution in [-0.4, -0.2) is 43.7 Å². The third kappa shape index (κ3) is 4.97. The lowest BCUT2D eigenvalue weighted by atomic mass is 10.1. The van der Waals surface area contributed by atoms with E-state index in [2.05, 4.69) is 17.1 Å². The van der Waals surface area contributed by atoms with Crippen LogP contribution in [0.25, 0.3) is 0 Å². The van der Waals surface area contributed by atoms with E-state index in [1.165, 1.54) is 19.3 Å². The molecule has 4 heteroatoms. The van der Waals surface area contributed by atoms with Crippen LogP contribution in [0.1, 0.15) is 26.2 Å². The number of rotatable bonds is 7. The Bertz CT molecular complexity index is 377. The predicted molar refractivity (Wildman–Crippen MR) is 84.7 cm³/mol. The Hall–Kier alpha value is -0.770. The van der Waals surface area contributed by atoms with E-state index in [9.17, 15) is 0 Å². The van der Waals surface area contributed by atoms with Gasteiger partial charge in [-0.1, -0.05) is 18.5 Å². The minimum Gasteiger partial charge on any atom is -0.492 e. The molecule has 2 rings (SSSR count). The molecule has 1 saturated heterocycles. The summed E-state index contributed by atoms with van der Waals surface area (Å²) in [6.07, 6.45) is 3.77. The molecule has 0 saturated carbocycles. The molecule has 1 aliphatic rings. The molecule has 1 heterocycles. The minimum absolute atomic E-state index is 0.664. The van der Waals surface area contributed by atoms with Gasteiger partial charge in [0.25, 0.3) is 0 Å². The van der Waals surface area contributed by atoms with E-state index < -0.39 is 0 Å². The molecule has 1 fully saturated rings. The van der Waals surface area contributed by atoms with Crippen molar-refractivity contribution in [2.24, 2.45) is 0 Å². The molecule has 0 aliphatic carbocycles. The van der Waals surface area contributed by atoms with Crippen LogP contribution in [0.15, 0.2) is 24.3 Å². The summed E-state index contributed by atoms with van der Waals surface area (Å²) in [6, 6.07) is 8.25. The van der Waals surface area contributed by atoms with E-state index >= 15 is 0 Å². The summed E-state index contributed by atoms with van der Waals surface area (Å²) in [5.41, 5.74) is 0. The van der Waals surface area contributed by atoms with Crippen LogP contribution >= 0.6 is 11.6 Å². The molecule has 1 aliphatic heterocycles. The summed E-state index contributed by atoms with van der Waals surface area (Å²) in [6.45, 7) is 7.39. The van der Waals surface area contributed by atoms with Gasteiger partial charge in [-0.05, 0) is 56.6 Å². The lowest BCUT2D eigenvalue weighted by Crippen LogP contribution is -2.47. The molecule has 20 heavy (non-hydrogen) atoms. The fourth-order valence-corrected chi connectivity index (χ4v) is 2.85. The average Bonchev–Trinajstić information content (AvgIpc) is 2.49. The first-order valence-electron chi connectivity index (χ1n) is 7.62. The third-order valence-electron chi connectivity index (χ3n) is 3.76. The van der Waals surface area contributed by atoms with Crippen molar-refractivity contribution in [2.75, 3.05) is 32.8 Å². The summed E-state index contributed by atoms with van der Waals surface area (Å²) >= 11 is 5.87. The molecule has 1 atom stereocenters. The van der Waals surface area contributed by atoms with E-state index in [1.54, 1.807) is 0 Å². The number of halogens is 1. The van der Waals surface area contributed by atoms with Gasteiger partial charge in [-0.2, -0.15) is 0 Å². The van der Waals surface area contributed by atoms with Gasteiger partial charge in [0.15, 0.2) is 0 Å². The standard InChI is InChI=1S/C16H25ClN2O/c1-2-10-19(15-4-3-9-18-13-15)11-12-20-16-7-5-14(17)6-8-16/h5-8,15,18H,2-4,9-13H2,1H3. The Morgan fingerprint density at radius 2 is 2.10 bits per heavy atom. The number of benzene rings is 1. The zero-order valence-electron chi connectivity index (χ0n) is 12.3. The van der Waals surface area contributed by atoms with E-state index in [-0.39, 0.29) is 0 Å². The average molecular weight is 297 g/mol. The molecule has 1 unspecified atom stereocenters. The van der Waals surface area contributed by atoms with Crippen LogP contribution in [0.4, 0.5) is 0 Å². The van der Waals surface area contributed by atoms with E-state index in [0.29, 0.717) is 6.04 Å². The van der Waals surface area contributed by atoms with E-state index in [0.717, 1.165) is 43.6 Å². The second-order valence-corrected chi connectivity index (χ2v) is 5.77. The Balaban J connectivity index is 1.77. The molecule has 1 aromatic rings. The van der Waals surface area contributed by atoms with Gasteiger partial charge in [0.1, 0.15) is 12.4 Å². The summed E-state index contributed by atoms with van der Waals surface area (Å²) < 4.78 is 5.81. The molecule has 0 spiro atoms. The molecule has 1 N–H and O–H groups in total. The van der Waals surface area contributed by atoms with Gasteiger partial charge in [0.2, 0.25) is 0 Å². The molecule has 112 valence electrons. The zero-order valence-corrected chi connectivity index (χ0v) is 13.0. The number of ether oxygens (including phenoxy) is 1. The van der Waals surface area contributed by atoms with Crippen LogP contribution < -0.4 is 10.1 Å².